The molecule has 3 aliphatic rings. The van der Waals surface area contributed by atoms with E-state index in [0.29, 0.717) is 45.2 Å². The molecule has 3 aromatic rings. The van der Waals surface area contributed by atoms with Gasteiger partial charge in [0, 0.05) is 19.0 Å². The van der Waals surface area contributed by atoms with Crippen LogP contribution in [0.3, 0.4) is 0 Å². The maximum Gasteiger partial charge on any atom is 0.455 e. The number of methoxy groups -OCH3 is 1. The molecule has 222 valence electrons. The van der Waals surface area contributed by atoms with Crippen LogP contribution in [-0.4, -0.2) is 60.3 Å². The Balaban J connectivity index is 1.36. The highest BCUT2D eigenvalue weighted by molar-refractivity contribution is 6.43. The van der Waals surface area contributed by atoms with Crippen LogP contribution in [0.15, 0.2) is 77.9 Å². The Kier molecular flexibility index (Phi) is 8.53. The summed E-state index contributed by atoms with van der Waals surface area (Å²) in [5.41, 5.74) is 5.21. The number of rotatable bonds is 9. The minimum atomic E-state index is -1.02. The summed E-state index contributed by atoms with van der Waals surface area (Å²) in [7, 11) is 0.625. The average Bonchev–Trinajstić information content (AvgIpc) is 3.25. The molecule has 43 heavy (non-hydrogen) atoms. The highest BCUT2D eigenvalue weighted by Gasteiger charge is 2.57. The number of aromatic hydroxyl groups is 1. The molecule has 0 unspecified atom stereocenters. The Morgan fingerprint density at radius 1 is 1.02 bits per heavy atom. The molecule has 6 rings (SSSR count). The van der Waals surface area contributed by atoms with Crippen molar-refractivity contribution in [2.24, 2.45) is 17.8 Å². The van der Waals surface area contributed by atoms with Gasteiger partial charge in [0.1, 0.15) is 5.75 Å². The van der Waals surface area contributed by atoms with E-state index in [1.54, 1.807) is 13.2 Å². The van der Waals surface area contributed by atoms with E-state index in [9.17, 15) is 19.7 Å². The van der Waals surface area contributed by atoms with Crippen molar-refractivity contribution < 1.29 is 29.1 Å². The largest absolute Gasteiger partial charge is 0.507 e. The number of benzene rings is 3. The molecule has 8 heteroatoms. The van der Waals surface area contributed by atoms with Gasteiger partial charge in [0.15, 0.2) is 0 Å². The van der Waals surface area contributed by atoms with Gasteiger partial charge >= 0.3 is 7.12 Å². The maximum atomic E-state index is 13.6. The monoisotopic (exact) mass is 579 g/mol. The van der Waals surface area contributed by atoms with Gasteiger partial charge in [-0.1, -0.05) is 73.7 Å². The lowest BCUT2D eigenvalue weighted by molar-refractivity contribution is -0.140. The molecule has 2 N–H and O–H groups in total. The van der Waals surface area contributed by atoms with Crippen LogP contribution in [0.5, 0.6) is 5.75 Å². The molecule has 2 saturated heterocycles. The predicted octanol–water partition coefficient (Wildman–Crippen LogP) is 5.72. The van der Waals surface area contributed by atoms with Crippen LogP contribution in [0.2, 0.25) is 6.32 Å². The van der Waals surface area contributed by atoms with Crippen LogP contribution in [0.1, 0.15) is 43.7 Å². The summed E-state index contributed by atoms with van der Waals surface area (Å²) in [4.78, 5) is 28.3. The molecule has 2 fully saturated rings. The van der Waals surface area contributed by atoms with E-state index in [4.69, 9.17) is 9.39 Å². The quantitative estimate of drug-likeness (QED) is 0.146. The van der Waals surface area contributed by atoms with Gasteiger partial charge in [-0.15, -0.1) is 0 Å². The number of hydrogen-bond donors (Lipinski definition) is 2. The van der Waals surface area contributed by atoms with Gasteiger partial charge in [-0.3, -0.25) is 14.5 Å². The summed E-state index contributed by atoms with van der Waals surface area (Å²) in [5, 5.41) is 23.1. The van der Waals surface area contributed by atoms with Gasteiger partial charge in [0.2, 0.25) is 11.8 Å². The molecule has 1 aliphatic carbocycles. The molecule has 0 bridgehead atoms. The Hall–Kier alpha value is -3.72. The SMILES string of the molecule is CCCN1C(=O)[C@@H]2[C@@H](CC(COC)=C3[C@@H](CC/C(=C/c4ccc(O)c5ccccc45)c4ccccc4)OB(O)C[C@@H]32)C1=O. The van der Waals surface area contributed by atoms with E-state index in [2.05, 4.69) is 18.2 Å². The highest BCUT2D eigenvalue weighted by Crippen LogP contribution is 2.51. The number of ether oxygens (including phenoxy) is 1. The summed E-state index contributed by atoms with van der Waals surface area (Å²) in [6.45, 7) is 2.75. The molecule has 0 aromatic heterocycles. The first-order valence-corrected chi connectivity index (χ1v) is 15.3. The highest BCUT2D eigenvalue weighted by atomic mass is 16.5. The van der Waals surface area contributed by atoms with Crippen molar-refractivity contribution in [1.29, 1.82) is 0 Å². The third-order valence-electron chi connectivity index (χ3n) is 9.25. The minimum absolute atomic E-state index is 0.0996. The number of likely N-dealkylation sites (tertiary alicyclic amines) is 1. The molecule has 2 amide bonds. The maximum absolute atomic E-state index is 13.6. The number of allylic oxidation sites excluding steroid dienone is 1. The molecule has 2 aliphatic heterocycles. The van der Waals surface area contributed by atoms with Crippen LogP contribution in [0, 0.1) is 17.8 Å². The number of nitrogens with zero attached hydrogens (tertiary/aromatic N) is 1. The molecule has 2 heterocycles. The van der Waals surface area contributed by atoms with Crippen molar-refractivity contribution in [3.63, 3.8) is 0 Å². The molecule has 7 nitrogen and oxygen atoms in total. The second-order valence-electron chi connectivity index (χ2n) is 11.9. The van der Waals surface area contributed by atoms with Gasteiger partial charge in [0.25, 0.3) is 0 Å². The Morgan fingerprint density at radius 3 is 2.51 bits per heavy atom. The second-order valence-corrected chi connectivity index (χ2v) is 11.9. The van der Waals surface area contributed by atoms with E-state index in [1.807, 2.05) is 55.5 Å². The molecule has 3 aromatic carbocycles. The lowest BCUT2D eigenvalue weighted by atomic mass is 9.58. The Bertz CT molecular complexity index is 1580. The first kappa shape index (κ1) is 29.4. The smallest absolute Gasteiger partial charge is 0.455 e. The first-order valence-electron chi connectivity index (χ1n) is 15.3. The van der Waals surface area contributed by atoms with Gasteiger partial charge in [0.05, 0.1) is 24.5 Å². The van der Waals surface area contributed by atoms with Crippen LogP contribution in [-0.2, 0) is 19.0 Å². The van der Waals surface area contributed by atoms with Crippen LogP contribution >= 0.6 is 0 Å². The van der Waals surface area contributed by atoms with E-state index < -0.39 is 25.1 Å². The Morgan fingerprint density at radius 2 is 1.77 bits per heavy atom. The zero-order valence-corrected chi connectivity index (χ0v) is 24.7. The zero-order valence-electron chi connectivity index (χ0n) is 24.7. The van der Waals surface area contributed by atoms with E-state index in [1.165, 1.54) is 4.90 Å². The summed E-state index contributed by atoms with van der Waals surface area (Å²) < 4.78 is 11.8. The molecular weight excluding hydrogens is 541 g/mol. The van der Waals surface area contributed by atoms with Crippen molar-refractivity contribution >= 4 is 41.4 Å². The number of imide groups is 1. The standard InChI is InChI=1S/C35H38BNO6/c1-3-17-37-34(39)28-19-25(21-42-2)32-29(33(28)35(37)40)20-36(41)43-31(32)16-14-23(22-9-5-4-6-10-22)18-24-13-15-30(38)27-12-8-7-11-26(24)27/h4-13,15,18,28-29,31,33,38,41H,3,14,16-17,19-21H2,1-2H3/b23-18-/t28-,29+,31-,33-/m1/s1. The normalized spacial score (nSPS) is 24.1. The molecule has 4 atom stereocenters. The topological polar surface area (TPSA) is 96.3 Å². The summed E-state index contributed by atoms with van der Waals surface area (Å²) in [6.07, 6.45) is 4.47. The van der Waals surface area contributed by atoms with Crippen molar-refractivity contribution in [1.82, 2.24) is 4.90 Å². The van der Waals surface area contributed by atoms with E-state index in [-0.39, 0.29) is 23.5 Å². The Labute approximate surface area is 252 Å². The third kappa shape index (κ3) is 5.55. The van der Waals surface area contributed by atoms with Crippen molar-refractivity contribution in [2.45, 2.75) is 45.0 Å². The number of amides is 2. The fourth-order valence-corrected chi connectivity index (χ4v) is 7.44. The van der Waals surface area contributed by atoms with Gasteiger partial charge in [-0.25, -0.2) is 0 Å². The van der Waals surface area contributed by atoms with Gasteiger partial charge < -0.3 is 19.5 Å². The van der Waals surface area contributed by atoms with E-state index >= 15 is 0 Å². The molecule has 0 spiro atoms. The summed E-state index contributed by atoms with van der Waals surface area (Å²) in [6, 6.07) is 21.7. The van der Waals surface area contributed by atoms with Crippen molar-refractivity contribution in [2.75, 3.05) is 20.3 Å². The predicted molar refractivity (Wildman–Crippen MR) is 168 cm³/mol. The third-order valence-corrected chi connectivity index (χ3v) is 9.25. The van der Waals surface area contributed by atoms with Crippen LogP contribution in [0.25, 0.3) is 22.4 Å². The van der Waals surface area contributed by atoms with Gasteiger partial charge in [-0.05, 0) is 77.2 Å². The summed E-state index contributed by atoms with van der Waals surface area (Å²) in [5.74, 6) is -1.11. The zero-order chi connectivity index (χ0) is 30.1. The number of carbonyl (C=O) groups excluding carboxylic acids is 2. The fourth-order valence-electron chi connectivity index (χ4n) is 7.44. The number of hydrogen-bond acceptors (Lipinski definition) is 6. The molecular formula is C35H38BNO6. The molecule has 0 radical (unpaired) electrons. The second kappa shape index (κ2) is 12.5. The molecule has 0 saturated carbocycles. The van der Waals surface area contributed by atoms with Gasteiger partial charge in [-0.2, -0.15) is 0 Å². The number of phenols is 1. The first-order chi connectivity index (χ1) is 20.9. The summed E-state index contributed by atoms with van der Waals surface area (Å²) >= 11 is 0. The average molecular weight is 580 g/mol. The van der Waals surface area contributed by atoms with Crippen molar-refractivity contribution in [3.05, 3.63) is 89.0 Å². The lowest BCUT2D eigenvalue weighted by Crippen LogP contribution is -2.46. The van der Waals surface area contributed by atoms with Crippen LogP contribution < -0.4 is 0 Å². The van der Waals surface area contributed by atoms with Crippen molar-refractivity contribution in [3.8, 4) is 5.75 Å². The van der Waals surface area contributed by atoms with E-state index in [0.717, 1.165) is 38.6 Å². The minimum Gasteiger partial charge on any atom is -0.507 e. The number of carbonyl (C=O) groups is 2. The lowest BCUT2D eigenvalue weighted by Gasteiger charge is -2.43. The number of phenolic OH excluding ortho intramolecular Hbond substituents is 1. The number of fused-ring (bicyclic) bond motifs is 4. The fraction of sp³-hybridized carbons (Fsp3) is 0.371. The van der Waals surface area contributed by atoms with Crippen LogP contribution in [0.4, 0.5) is 0 Å².